The van der Waals surface area contributed by atoms with Gasteiger partial charge in [-0.25, -0.2) is 9.97 Å². The number of ether oxygens (including phenoxy) is 1. The van der Waals surface area contributed by atoms with Crippen LogP contribution in [-0.4, -0.2) is 40.8 Å². The average Bonchev–Trinajstić information content (AvgIpc) is 2.76. The van der Waals surface area contributed by atoms with Gasteiger partial charge in [0.25, 0.3) is 5.91 Å². The Morgan fingerprint density at radius 1 is 1.06 bits per heavy atom. The van der Waals surface area contributed by atoms with Crippen molar-refractivity contribution in [3.8, 4) is 5.75 Å². The second kappa shape index (κ2) is 13.2. The number of hydrogen-bond donors (Lipinski definition) is 4. The Kier molecular flexibility index (Phi) is 10.4. The molecule has 33 heavy (non-hydrogen) atoms. The lowest BCUT2D eigenvalue weighted by Crippen LogP contribution is -2.38. The molecule has 2 aromatic rings. The monoisotopic (exact) mass is 475 g/mol. The van der Waals surface area contributed by atoms with Crippen LogP contribution in [0.25, 0.3) is 0 Å². The van der Waals surface area contributed by atoms with Gasteiger partial charge in [-0.3, -0.25) is 15.1 Å². The number of carbonyl (C=O) groups is 2. The molecule has 0 saturated carbocycles. The van der Waals surface area contributed by atoms with E-state index in [1.807, 2.05) is 24.3 Å². The third kappa shape index (κ3) is 9.32. The lowest BCUT2D eigenvalue weighted by atomic mass is 10.1. The lowest BCUT2D eigenvalue weighted by molar-refractivity contribution is -0.117. The summed E-state index contributed by atoms with van der Waals surface area (Å²) >= 11 is 5.77. The number of carbonyl (C=O) groups excluding carboxylic acids is 2. The average molecular weight is 476 g/mol. The van der Waals surface area contributed by atoms with Crippen LogP contribution in [0.5, 0.6) is 5.75 Å². The molecule has 0 aliphatic heterocycles. The molecule has 1 amide bonds. The largest absolute Gasteiger partial charge is 0.494 e. The zero-order valence-corrected chi connectivity index (χ0v) is 19.4. The molecule has 2 rings (SSSR count). The Morgan fingerprint density at radius 3 is 2.48 bits per heavy atom. The first-order valence-electron chi connectivity index (χ1n) is 10.7. The molecule has 1 heterocycles. The minimum Gasteiger partial charge on any atom is -0.494 e. The minimum absolute atomic E-state index is 0.0426. The Labute approximate surface area is 198 Å². The van der Waals surface area contributed by atoms with Crippen molar-refractivity contribution in [2.75, 3.05) is 24.6 Å². The smallest absolute Gasteiger partial charge is 0.280 e. The standard InChI is InChI=1S/C22H30ClN7O3/c1-14(31)6-3-5-13-33-16-10-8-15(9-11-16)7-2-4-12-27-22(26)30-21(32)17-19(24)29-20(25)18(23)28-17/h8-11H,2-7,12-13H2,1H3,(H4,24,25,29)(H3,26,27,30,32). The molecule has 0 bridgehead atoms. The van der Waals surface area contributed by atoms with Crippen LogP contribution in [0.1, 0.15) is 55.1 Å². The van der Waals surface area contributed by atoms with Crippen LogP contribution >= 0.6 is 11.6 Å². The Balaban J connectivity index is 1.67. The molecule has 0 fully saturated rings. The van der Waals surface area contributed by atoms with E-state index in [1.165, 1.54) is 5.56 Å². The third-order valence-electron chi connectivity index (χ3n) is 4.63. The van der Waals surface area contributed by atoms with Crippen LogP contribution in [0, 0.1) is 0 Å². The maximum absolute atomic E-state index is 12.2. The Bertz CT molecular complexity index is 981. The summed E-state index contributed by atoms with van der Waals surface area (Å²) < 4.78 is 5.69. The van der Waals surface area contributed by atoms with Gasteiger partial charge >= 0.3 is 0 Å². The quantitative estimate of drug-likeness (QED) is 0.206. The molecule has 0 radical (unpaired) electrons. The molecule has 10 nitrogen and oxygen atoms in total. The summed E-state index contributed by atoms with van der Waals surface area (Å²) in [6.07, 6.45) is 4.90. The summed E-state index contributed by atoms with van der Waals surface area (Å²) in [5, 5.41) is 2.29. The number of nitrogens with two attached hydrogens (primary N) is 3. The number of halogens is 1. The molecule has 178 valence electrons. The van der Waals surface area contributed by atoms with Crippen LogP contribution in [0.2, 0.25) is 5.15 Å². The number of amides is 1. The molecule has 0 atom stereocenters. The molecular formula is C22H30ClN7O3. The molecule has 0 saturated heterocycles. The van der Waals surface area contributed by atoms with E-state index in [-0.39, 0.29) is 34.2 Å². The molecule has 0 aliphatic carbocycles. The summed E-state index contributed by atoms with van der Waals surface area (Å²) in [6.45, 7) is 2.66. The van der Waals surface area contributed by atoms with Crippen molar-refractivity contribution >= 4 is 40.9 Å². The highest BCUT2D eigenvalue weighted by Gasteiger charge is 2.16. The number of rotatable bonds is 12. The number of aromatic nitrogens is 2. The number of benzene rings is 1. The van der Waals surface area contributed by atoms with E-state index in [1.54, 1.807) is 6.92 Å². The number of guanidine groups is 1. The first-order valence-corrected chi connectivity index (χ1v) is 11.0. The van der Waals surface area contributed by atoms with E-state index in [9.17, 15) is 9.59 Å². The van der Waals surface area contributed by atoms with Gasteiger partial charge < -0.3 is 26.7 Å². The fourth-order valence-corrected chi connectivity index (χ4v) is 3.01. The number of aryl methyl sites for hydroxylation is 1. The molecular weight excluding hydrogens is 446 g/mol. The topological polar surface area (TPSA) is 172 Å². The predicted molar refractivity (Wildman–Crippen MR) is 129 cm³/mol. The van der Waals surface area contributed by atoms with Gasteiger partial charge in [0.15, 0.2) is 28.4 Å². The number of nitrogens with zero attached hydrogens (tertiary/aromatic N) is 3. The van der Waals surface area contributed by atoms with Gasteiger partial charge in [0, 0.05) is 13.0 Å². The molecule has 0 spiro atoms. The fraction of sp³-hybridized carbons (Fsp3) is 0.409. The van der Waals surface area contributed by atoms with E-state index < -0.39 is 5.91 Å². The highest BCUT2D eigenvalue weighted by Crippen LogP contribution is 2.17. The number of nitrogen functional groups attached to an aromatic ring is 2. The van der Waals surface area contributed by atoms with Gasteiger partial charge in [-0.05, 0) is 56.7 Å². The highest BCUT2D eigenvalue weighted by molar-refractivity contribution is 6.31. The minimum atomic E-state index is -0.663. The van der Waals surface area contributed by atoms with Gasteiger partial charge in [-0.2, -0.15) is 0 Å². The van der Waals surface area contributed by atoms with E-state index in [0.717, 1.165) is 37.9 Å². The van der Waals surface area contributed by atoms with E-state index in [2.05, 4.69) is 20.3 Å². The Morgan fingerprint density at radius 2 is 1.79 bits per heavy atom. The normalized spacial score (nSPS) is 11.3. The van der Waals surface area contributed by atoms with Crippen LogP contribution in [-0.2, 0) is 11.2 Å². The second-order valence-electron chi connectivity index (χ2n) is 7.46. The molecule has 7 N–H and O–H groups in total. The molecule has 1 aromatic heterocycles. The van der Waals surface area contributed by atoms with Crippen molar-refractivity contribution < 1.29 is 14.3 Å². The number of aliphatic imine (C=N–C) groups is 1. The van der Waals surface area contributed by atoms with Crippen LogP contribution < -0.4 is 27.3 Å². The van der Waals surface area contributed by atoms with E-state index in [0.29, 0.717) is 19.6 Å². The number of hydrogen-bond acceptors (Lipinski definition) is 8. The van der Waals surface area contributed by atoms with Crippen molar-refractivity contribution in [3.05, 3.63) is 40.7 Å². The maximum Gasteiger partial charge on any atom is 0.280 e. The van der Waals surface area contributed by atoms with Gasteiger partial charge in [-0.15, -0.1) is 0 Å². The van der Waals surface area contributed by atoms with Crippen molar-refractivity contribution in [2.45, 2.75) is 45.4 Å². The number of anilines is 2. The molecule has 11 heteroatoms. The number of Topliss-reactive ketones (excluding diaryl/α,β-unsaturated/α-hetero) is 1. The van der Waals surface area contributed by atoms with E-state index in [4.69, 9.17) is 33.5 Å². The van der Waals surface area contributed by atoms with Crippen LogP contribution in [0.15, 0.2) is 29.3 Å². The number of ketones is 1. The Hall–Kier alpha value is -3.40. The van der Waals surface area contributed by atoms with Crippen LogP contribution in [0.4, 0.5) is 11.6 Å². The first-order chi connectivity index (χ1) is 15.8. The zero-order valence-electron chi connectivity index (χ0n) is 18.6. The second-order valence-corrected chi connectivity index (χ2v) is 7.82. The van der Waals surface area contributed by atoms with Crippen molar-refractivity contribution in [1.82, 2.24) is 15.3 Å². The third-order valence-corrected chi connectivity index (χ3v) is 4.91. The first kappa shape index (κ1) is 25.9. The fourth-order valence-electron chi connectivity index (χ4n) is 2.88. The number of unbranched alkanes of at least 4 members (excludes halogenated alkanes) is 2. The van der Waals surface area contributed by atoms with Crippen LogP contribution in [0.3, 0.4) is 0 Å². The molecule has 1 aromatic carbocycles. The molecule has 0 aliphatic rings. The summed E-state index contributed by atoms with van der Waals surface area (Å²) in [5.74, 6) is 0.119. The highest BCUT2D eigenvalue weighted by atomic mass is 35.5. The summed E-state index contributed by atoms with van der Waals surface area (Å²) in [5.41, 5.74) is 17.9. The van der Waals surface area contributed by atoms with Gasteiger partial charge in [-0.1, -0.05) is 23.7 Å². The van der Waals surface area contributed by atoms with Gasteiger partial charge in [0.1, 0.15) is 11.5 Å². The summed E-state index contributed by atoms with van der Waals surface area (Å²) in [6, 6.07) is 7.96. The summed E-state index contributed by atoms with van der Waals surface area (Å²) in [4.78, 5) is 34.8. The van der Waals surface area contributed by atoms with E-state index >= 15 is 0 Å². The molecule has 0 unspecified atom stereocenters. The van der Waals surface area contributed by atoms with Gasteiger partial charge in [0.05, 0.1) is 6.61 Å². The van der Waals surface area contributed by atoms with Gasteiger partial charge in [0.2, 0.25) is 0 Å². The maximum atomic E-state index is 12.2. The van der Waals surface area contributed by atoms with Crippen molar-refractivity contribution in [1.29, 1.82) is 0 Å². The zero-order chi connectivity index (χ0) is 24.2. The summed E-state index contributed by atoms with van der Waals surface area (Å²) in [7, 11) is 0. The lowest BCUT2D eigenvalue weighted by Gasteiger charge is -2.08. The SMILES string of the molecule is CC(=O)CCCCOc1ccc(CCCCN=C(N)NC(=O)c2nc(Cl)c(N)nc2N)cc1. The van der Waals surface area contributed by atoms with Crippen molar-refractivity contribution in [3.63, 3.8) is 0 Å². The predicted octanol–water partition coefficient (Wildman–Crippen LogP) is 2.50. The van der Waals surface area contributed by atoms with Crippen molar-refractivity contribution in [2.24, 2.45) is 10.7 Å². The number of nitrogens with one attached hydrogen (secondary N) is 1.